The Kier molecular flexibility index (Phi) is 5.81. The molecule has 0 radical (unpaired) electrons. The second kappa shape index (κ2) is 8.08. The first-order chi connectivity index (χ1) is 12.5. The molecule has 0 fully saturated rings. The Morgan fingerprint density at radius 1 is 0.846 bits per heavy atom. The highest BCUT2D eigenvalue weighted by Gasteiger charge is 2.27. The fourth-order valence-corrected chi connectivity index (χ4v) is 4.67. The van der Waals surface area contributed by atoms with Crippen LogP contribution in [-0.2, 0) is 16.4 Å². The van der Waals surface area contributed by atoms with E-state index in [1.165, 1.54) is 16.4 Å². The number of hydrogen-bond donors (Lipinski definition) is 0. The zero-order chi connectivity index (χ0) is 18.6. The third-order valence-electron chi connectivity index (χ3n) is 3.84. The summed E-state index contributed by atoms with van der Waals surface area (Å²) in [5.41, 5.74) is 1.61. The lowest BCUT2D eigenvalue weighted by Gasteiger charge is -2.25. The number of hydrogen-bond acceptors (Lipinski definition) is 3. The van der Waals surface area contributed by atoms with E-state index in [0.717, 1.165) is 5.56 Å². The fraction of sp³-hybridized carbons (Fsp3) is 0.105. The van der Waals surface area contributed by atoms with E-state index in [0.29, 0.717) is 12.1 Å². The number of anilines is 1. The maximum absolute atomic E-state index is 13.2. The van der Waals surface area contributed by atoms with E-state index in [2.05, 4.69) is 4.98 Å². The summed E-state index contributed by atoms with van der Waals surface area (Å²) >= 11 is 11.9. The molecule has 1 heterocycles. The Balaban J connectivity index is 1.99. The van der Waals surface area contributed by atoms with Crippen molar-refractivity contribution in [2.45, 2.75) is 11.3 Å². The molecule has 0 aliphatic rings. The number of para-hydroxylation sites is 1. The normalized spacial score (nSPS) is 11.3. The van der Waals surface area contributed by atoms with Crippen molar-refractivity contribution in [2.75, 3.05) is 10.8 Å². The van der Waals surface area contributed by atoms with Gasteiger partial charge in [-0.15, -0.1) is 0 Å². The second-order valence-electron chi connectivity index (χ2n) is 5.57. The van der Waals surface area contributed by atoms with Crippen LogP contribution in [0.25, 0.3) is 0 Å². The SMILES string of the molecule is O=S(=O)(c1ccc(Cl)nc1Cl)N(CCc1ccccc1)c1ccccc1. The molecule has 26 heavy (non-hydrogen) atoms. The Bertz CT molecular complexity index is 981. The summed E-state index contributed by atoms with van der Waals surface area (Å²) in [6.07, 6.45) is 0.563. The van der Waals surface area contributed by atoms with Crippen LogP contribution in [0.5, 0.6) is 0 Å². The molecular weight excluding hydrogens is 391 g/mol. The van der Waals surface area contributed by atoms with Crippen LogP contribution in [0.15, 0.2) is 77.7 Å². The first-order valence-corrected chi connectivity index (χ1v) is 10.1. The fourth-order valence-electron chi connectivity index (χ4n) is 2.57. The number of aromatic nitrogens is 1. The second-order valence-corrected chi connectivity index (χ2v) is 8.15. The van der Waals surface area contributed by atoms with Gasteiger partial charge in [0, 0.05) is 6.54 Å². The summed E-state index contributed by atoms with van der Waals surface area (Å²) < 4.78 is 27.8. The average molecular weight is 407 g/mol. The van der Waals surface area contributed by atoms with Crippen LogP contribution < -0.4 is 4.31 Å². The van der Waals surface area contributed by atoms with E-state index in [9.17, 15) is 8.42 Å². The number of rotatable bonds is 6. The van der Waals surface area contributed by atoms with Gasteiger partial charge >= 0.3 is 0 Å². The molecule has 3 rings (SSSR count). The summed E-state index contributed by atoms with van der Waals surface area (Å²) in [6, 6.07) is 21.4. The van der Waals surface area contributed by atoms with Crippen molar-refractivity contribution in [3.63, 3.8) is 0 Å². The van der Waals surface area contributed by atoms with Gasteiger partial charge in [0.15, 0.2) is 5.15 Å². The Morgan fingerprint density at radius 2 is 1.46 bits per heavy atom. The van der Waals surface area contributed by atoms with Crippen molar-refractivity contribution >= 4 is 38.9 Å². The van der Waals surface area contributed by atoms with E-state index in [-0.39, 0.29) is 21.7 Å². The standard InChI is InChI=1S/C19H16Cl2N2O2S/c20-18-12-11-17(19(21)22-18)26(24,25)23(16-9-5-2-6-10-16)14-13-15-7-3-1-4-8-15/h1-12H,13-14H2. The molecule has 0 amide bonds. The third-order valence-corrected chi connectivity index (χ3v) is 6.31. The van der Waals surface area contributed by atoms with E-state index in [1.54, 1.807) is 24.3 Å². The van der Waals surface area contributed by atoms with Gasteiger partial charge < -0.3 is 0 Å². The van der Waals surface area contributed by atoms with Crippen molar-refractivity contribution < 1.29 is 8.42 Å². The molecule has 4 nitrogen and oxygen atoms in total. The van der Waals surface area contributed by atoms with Crippen LogP contribution >= 0.6 is 23.2 Å². The van der Waals surface area contributed by atoms with Crippen LogP contribution in [0.1, 0.15) is 5.56 Å². The number of nitrogens with zero attached hydrogens (tertiary/aromatic N) is 2. The summed E-state index contributed by atoms with van der Waals surface area (Å²) in [4.78, 5) is 3.79. The lowest BCUT2D eigenvalue weighted by molar-refractivity contribution is 0.590. The summed E-state index contributed by atoms with van der Waals surface area (Å²) in [5.74, 6) is 0. The van der Waals surface area contributed by atoms with Crippen molar-refractivity contribution in [2.24, 2.45) is 0 Å². The molecule has 0 atom stereocenters. The van der Waals surface area contributed by atoms with Crippen molar-refractivity contribution in [1.29, 1.82) is 0 Å². The third kappa shape index (κ3) is 4.18. The molecule has 3 aromatic rings. The van der Waals surface area contributed by atoms with Gasteiger partial charge in [-0.3, -0.25) is 4.31 Å². The molecular formula is C19H16Cl2N2O2S. The minimum atomic E-state index is -3.89. The minimum Gasteiger partial charge on any atom is -0.266 e. The van der Waals surface area contributed by atoms with Crippen LogP contribution in [0.2, 0.25) is 10.3 Å². The largest absolute Gasteiger partial charge is 0.267 e. The molecule has 134 valence electrons. The predicted octanol–water partition coefficient (Wildman–Crippen LogP) is 4.83. The van der Waals surface area contributed by atoms with Gasteiger partial charge in [-0.05, 0) is 36.2 Å². The van der Waals surface area contributed by atoms with Gasteiger partial charge in [0.25, 0.3) is 10.0 Å². The lowest BCUT2D eigenvalue weighted by atomic mass is 10.1. The number of benzene rings is 2. The van der Waals surface area contributed by atoms with Gasteiger partial charge in [-0.2, -0.15) is 0 Å². The summed E-state index contributed by atoms with van der Waals surface area (Å²) in [5, 5.41) is 0.00244. The van der Waals surface area contributed by atoms with Gasteiger partial charge in [0.2, 0.25) is 0 Å². The topological polar surface area (TPSA) is 50.3 Å². The molecule has 0 saturated carbocycles. The van der Waals surface area contributed by atoms with Gasteiger partial charge in [-0.1, -0.05) is 71.7 Å². The predicted molar refractivity (Wildman–Crippen MR) is 105 cm³/mol. The quantitative estimate of drug-likeness (QED) is 0.550. The maximum atomic E-state index is 13.2. The van der Waals surface area contributed by atoms with Crippen LogP contribution in [0.4, 0.5) is 5.69 Å². The van der Waals surface area contributed by atoms with Crippen molar-refractivity contribution in [3.8, 4) is 0 Å². The highest BCUT2D eigenvalue weighted by Crippen LogP contribution is 2.28. The highest BCUT2D eigenvalue weighted by atomic mass is 35.5. The number of halogens is 2. The van der Waals surface area contributed by atoms with Crippen LogP contribution in [0, 0.1) is 0 Å². The minimum absolute atomic E-state index is 0.0690. The van der Waals surface area contributed by atoms with E-state index >= 15 is 0 Å². The van der Waals surface area contributed by atoms with Gasteiger partial charge in [0.1, 0.15) is 10.0 Å². The molecule has 0 aliphatic carbocycles. The van der Waals surface area contributed by atoms with Crippen LogP contribution in [0.3, 0.4) is 0 Å². The molecule has 0 bridgehead atoms. The molecule has 7 heteroatoms. The number of sulfonamides is 1. The summed E-state index contributed by atoms with van der Waals surface area (Å²) in [7, 11) is -3.89. The first-order valence-electron chi connectivity index (χ1n) is 7.92. The zero-order valence-electron chi connectivity index (χ0n) is 13.7. The molecule has 0 aliphatic heterocycles. The summed E-state index contributed by atoms with van der Waals surface area (Å²) in [6.45, 7) is 0.273. The molecule has 2 aromatic carbocycles. The van der Waals surface area contributed by atoms with Gasteiger partial charge in [0.05, 0.1) is 5.69 Å². The number of pyridine rings is 1. The average Bonchev–Trinajstić information content (AvgIpc) is 2.63. The Morgan fingerprint density at radius 3 is 2.08 bits per heavy atom. The molecule has 0 spiro atoms. The molecule has 0 unspecified atom stereocenters. The zero-order valence-corrected chi connectivity index (χ0v) is 16.0. The first kappa shape index (κ1) is 18.7. The van der Waals surface area contributed by atoms with E-state index in [4.69, 9.17) is 23.2 Å². The highest BCUT2D eigenvalue weighted by molar-refractivity contribution is 7.93. The molecule has 0 saturated heterocycles. The lowest BCUT2D eigenvalue weighted by Crippen LogP contribution is -2.33. The monoisotopic (exact) mass is 406 g/mol. The Hall–Kier alpha value is -2.08. The van der Waals surface area contributed by atoms with E-state index in [1.807, 2.05) is 36.4 Å². The smallest absolute Gasteiger partial charge is 0.266 e. The Labute approximate surface area is 163 Å². The van der Waals surface area contributed by atoms with Gasteiger partial charge in [-0.25, -0.2) is 13.4 Å². The van der Waals surface area contributed by atoms with E-state index < -0.39 is 10.0 Å². The maximum Gasteiger partial charge on any atom is 0.267 e. The molecule has 1 aromatic heterocycles. The van der Waals surface area contributed by atoms with Crippen molar-refractivity contribution in [3.05, 3.63) is 88.7 Å². The molecule has 0 N–H and O–H groups in total. The van der Waals surface area contributed by atoms with Crippen molar-refractivity contribution in [1.82, 2.24) is 4.98 Å². The van der Waals surface area contributed by atoms with Crippen LogP contribution in [-0.4, -0.2) is 19.9 Å².